The van der Waals surface area contributed by atoms with Crippen LogP contribution in [-0.2, 0) is 22.9 Å². The van der Waals surface area contributed by atoms with Crippen LogP contribution in [0.25, 0.3) is 0 Å². The summed E-state index contributed by atoms with van der Waals surface area (Å²) in [6.45, 7) is 9.30. The van der Waals surface area contributed by atoms with Crippen LogP contribution in [0, 0.1) is 0 Å². The van der Waals surface area contributed by atoms with Gasteiger partial charge < -0.3 is 0 Å². The summed E-state index contributed by atoms with van der Waals surface area (Å²) in [7, 11) is 0. The van der Waals surface area contributed by atoms with Crippen LogP contribution in [0.2, 0.25) is 6.34 Å². The van der Waals surface area contributed by atoms with E-state index < -0.39 is 22.9 Å². The second kappa shape index (κ2) is 6.08. The Morgan fingerprint density at radius 1 is 0.789 bits per heavy atom. The SMILES string of the molecule is CCC1=C[C](CC)([Hf][C]2(CC)C=CC(CC)=C2)C=C1. The first-order chi connectivity index (χ1) is 9.11. The van der Waals surface area contributed by atoms with Crippen LogP contribution < -0.4 is 0 Å². The zero-order chi connectivity index (χ0) is 13.9. The van der Waals surface area contributed by atoms with Crippen molar-refractivity contribution in [2.24, 2.45) is 0 Å². The van der Waals surface area contributed by atoms with Crippen LogP contribution in [0.3, 0.4) is 0 Å². The molecule has 2 aliphatic carbocycles. The molecule has 0 aromatic carbocycles. The van der Waals surface area contributed by atoms with Crippen molar-refractivity contribution in [3.63, 3.8) is 0 Å². The molecule has 0 saturated carbocycles. The van der Waals surface area contributed by atoms with E-state index in [0.29, 0.717) is 6.34 Å². The van der Waals surface area contributed by atoms with Gasteiger partial charge in [0.1, 0.15) is 0 Å². The van der Waals surface area contributed by atoms with Crippen molar-refractivity contribution in [1.82, 2.24) is 0 Å². The Kier molecular flexibility index (Phi) is 4.87. The van der Waals surface area contributed by atoms with Crippen LogP contribution in [0.1, 0.15) is 53.4 Å². The van der Waals surface area contributed by atoms with Gasteiger partial charge in [-0.2, -0.15) is 0 Å². The molecule has 0 heterocycles. The van der Waals surface area contributed by atoms with Gasteiger partial charge in [-0.05, 0) is 0 Å². The molecule has 0 spiro atoms. The molecule has 0 saturated heterocycles. The van der Waals surface area contributed by atoms with Gasteiger partial charge in [0.2, 0.25) is 0 Å². The molecule has 0 N–H and O–H groups in total. The van der Waals surface area contributed by atoms with Gasteiger partial charge in [0.25, 0.3) is 0 Å². The normalized spacial score (nSPS) is 32.6. The van der Waals surface area contributed by atoms with E-state index >= 15 is 0 Å². The number of allylic oxidation sites excluding steroid dienone is 8. The van der Waals surface area contributed by atoms with Gasteiger partial charge in [0.15, 0.2) is 0 Å². The summed E-state index contributed by atoms with van der Waals surface area (Å²) >= 11 is -0.853. The molecule has 0 aliphatic heterocycles. The summed E-state index contributed by atoms with van der Waals surface area (Å²) in [6, 6.07) is 0. The molecule has 0 bridgehead atoms. The third kappa shape index (κ3) is 3.12. The molecule has 0 fully saturated rings. The number of hydrogen-bond donors (Lipinski definition) is 0. The second-order valence-electron chi connectivity index (χ2n) is 5.73. The van der Waals surface area contributed by atoms with Gasteiger partial charge >= 0.3 is 130 Å². The Morgan fingerprint density at radius 2 is 1.21 bits per heavy atom. The van der Waals surface area contributed by atoms with E-state index in [0.717, 1.165) is 0 Å². The molecule has 2 atom stereocenters. The molecule has 0 aromatic rings. The van der Waals surface area contributed by atoms with Gasteiger partial charge in [0, 0.05) is 0 Å². The van der Waals surface area contributed by atoms with Crippen molar-refractivity contribution in [1.29, 1.82) is 0 Å². The fraction of sp³-hybridized carbons (Fsp3) is 0.556. The third-order valence-corrected chi connectivity index (χ3v) is 12.6. The van der Waals surface area contributed by atoms with E-state index in [9.17, 15) is 0 Å². The van der Waals surface area contributed by atoms with Gasteiger partial charge in [-0.1, -0.05) is 0 Å². The molecule has 102 valence electrons. The first kappa shape index (κ1) is 15.2. The zero-order valence-electron chi connectivity index (χ0n) is 12.8. The Bertz CT molecular complexity index is 410. The fourth-order valence-corrected chi connectivity index (χ4v) is 10.4. The van der Waals surface area contributed by atoms with Gasteiger partial charge in [-0.15, -0.1) is 0 Å². The average Bonchev–Trinajstić information content (AvgIpc) is 3.04. The average molecular weight is 421 g/mol. The quantitative estimate of drug-likeness (QED) is 0.461. The molecule has 1 heteroatoms. The van der Waals surface area contributed by atoms with E-state index in [4.69, 9.17) is 0 Å². The minimum absolute atomic E-state index is 0.478. The second-order valence-corrected chi connectivity index (χ2v) is 13.3. The van der Waals surface area contributed by atoms with Gasteiger partial charge in [-0.25, -0.2) is 0 Å². The first-order valence-corrected chi connectivity index (χ1v) is 11.3. The molecule has 0 aromatic heterocycles. The number of hydrogen-bond acceptors (Lipinski definition) is 0. The molecule has 2 unspecified atom stereocenters. The van der Waals surface area contributed by atoms with E-state index in [1.165, 1.54) is 25.7 Å². The summed E-state index contributed by atoms with van der Waals surface area (Å²) in [5.74, 6) is 0. The van der Waals surface area contributed by atoms with Crippen molar-refractivity contribution in [3.8, 4) is 0 Å². The Morgan fingerprint density at radius 3 is 1.47 bits per heavy atom. The van der Waals surface area contributed by atoms with Crippen molar-refractivity contribution >= 4 is 0 Å². The zero-order valence-corrected chi connectivity index (χ0v) is 16.4. The molecule has 0 radical (unpaired) electrons. The molecule has 0 amide bonds. The molecule has 0 nitrogen and oxygen atoms in total. The topological polar surface area (TPSA) is 0 Å². The van der Waals surface area contributed by atoms with E-state index in [2.05, 4.69) is 64.2 Å². The van der Waals surface area contributed by atoms with Crippen molar-refractivity contribution in [2.45, 2.75) is 59.7 Å². The molecule has 19 heavy (non-hydrogen) atoms. The minimum atomic E-state index is -0.853. The van der Waals surface area contributed by atoms with Crippen LogP contribution >= 0.6 is 0 Å². The van der Waals surface area contributed by atoms with Gasteiger partial charge in [-0.3, -0.25) is 0 Å². The molecular weight excluding hydrogens is 395 g/mol. The van der Waals surface area contributed by atoms with Crippen LogP contribution in [0.15, 0.2) is 47.6 Å². The summed E-state index contributed by atoms with van der Waals surface area (Å²) in [5, 5.41) is 0. The predicted octanol–water partition coefficient (Wildman–Crippen LogP) is 6.02. The Balaban J connectivity index is 2.24. The standard InChI is InChI=1S/2C9H13.Hf/c2*1-3-8-5-6-9(4-2)7-8;/h2*5-7H,3-4H2,1-2H3;. The molecule has 2 rings (SSSR count). The first-order valence-electron chi connectivity index (χ1n) is 7.72. The van der Waals surface area contributed by atoms with Crippen LogP contribution in [-0.4, -0.2) is 0 Å². The summed E-state index contributed by atoms with van der Waals surface area (Å²) in [4.78, 5) is 0. The summed E-state index contributed by atoms with van der Waals surface area (Å²) in [5.41, 5.74) is 3.12. The third-order valence-electron chi connectivity index (χ3n) is 4.53. The molecular formula is C18H26Hf. The number of rotatable bonds is 6. The van der Waals surface area contributed by atoms with Crippen molar-refractivity contribution < 1.29 is 22.9 Å². The fourth-order valence-electron chi connectivity index (χ4n) is 3.01. The van der Waals surface area contributed by atoms with E-state index in [1.54, 1.807) is 11.1 Å². The van der Waals surface area contributed by atoms with E-state index in [-0.39, 0.29) is 0 Å². The Hall–Kier alpha value is -0.170. The van der Waals surface area contributed by atoms with Gasteiger partial charge in [0.05, 0.1) is 0 Å². The maximum atomic E-state index is 2.61. The monoisotopic (exact) mass is 422 g/mol. The maximum absolute atomic E-state index is 2.61. The summed E-state index contributed by atoms with van der Waals surface area (Å²) in [6.07, 6.45) is 20.0. The van der Waals surface area contributed by atoms with Crippen LogP contribution in [0.4, 0.5) is 0 Å². The Labute approximate surface area is 130 Å². The van der Waals surface area contributed by atoms with Crippen molar-refractivity contribution in [2.75, 3.05) is 0 Å². The van der Waals surface area contributed by atoms with Crippen LogP contribution in [0.5, 0.6) is 0 Å². The summed E-state index contributed by atoms with van der Waals surface area (Å²) < 4.78 is 0.955. The predicted molar refractivity (Wildman–Crippen MR) is 81.0 cm³/mol. The molecule has 2 aliphatic rings. The van der Waals surface area contributed by atoms with Crippen molar-refractivity contribution in [3.05, 3.63) is 47.6 Å². The van der Waals surface area contributed by atoms with E-state index in [1.807, 2.05) is 0 Å².